The monoisotopic (exact) mass is 261 g/mol. The van der Waals surface area contributed by atoms with Gasteiger partial charge >= 0.3 is 6.18 Å². The van der Waals surface area contributed by atoms with Gasteiger partial charge in [0.1, 0.15) is 0 Å². The topological polar surface area (TPSA) is 39.1 Å². The average molecular weight is 261 g/mol. The molecule has 2 aliphatic heterocycles. The van der Waals surface area contributed by atoms with Gasteiger partial charge in [-0.05, 0) is 32.7 Å². The molecule has 6 heteroatoms. The Morgan fingerprint density at radius 2 is 1.89 bits per heavy atom. The molecule has 0 spiro atoms. The van der Waals surface area contributed by atoms with E-state index in [4.69, 9.17) is 5.26 Å². The molecule has 3 atom stereocenters. The summed E-state index contributed by atoms with van der Waals surface area (Å²) in [4.78, 5) is 1.72. The summed E-state index contributed by atoms with van der Waals surface area (Å²) < 4.78 is 37.7. The van der Waals surface area contributed by atoms with Gasteiger partial charge < -0.3 is 10.2 Å². The molecule has 0 aliphatic carbocycles. The van der Waals surface area contributed by atoms with Gasteiger partial charge in [-0.25, -0.2) is 0 Å². The van der Waals surface area contributed by atoms with Crippen LogP contribution < -0.4 is 5.32 Å². The minimum absolute atomic E-state index is 0.168. The molecule has 3 unspecified atom stereocenters. The van der Waals surface area contributed by atoms with Crippen LogP contribution in [0.4, 0.5) is 13.2 Å². The highest BCUT2D eigenvalue weighted by atomic mass is 19.4. The molecule has 0 saturated carbocycles. The number of rotatable bonds is 3. The molecule has 2 bridgehead atoms. The third-order valence-corrected chi connectivity index (χ3v) is 4.09. The Balaban J connectivity index is 1.92. The maximum absolute atomic E-state index is 12.6. The van der Waals surface area contributed by atoms with E-state index in [0.29, 0.717) is 12.1 Å². The maximum Gasteiger partial charge on any atom is 0.405 e. The third kappa shape index (κ3) is 2.96. The molecule has 2 aliphatic rings. The molecule has 0 radical (unpaired) electrons. The second-order valence-electron chi connectivity index (χ2n) is 5.43. The lowest BCUT2D eigenvalue weighted by Gasteiger charge is -2.36. The Hall–Kier alpha value is -0.800. The summed E-state index contributed by atoms with van der Waals surface area (Å²) in [6.07, 6.45) is -0.396. The number of hydrogen-bond acceptors (Lipinski definition) is 3. The van der Waals surface area contributed by atoms with Crippen molar-refractivity contribution < 1.29 is 13.2 Å². The predicted octanol–water partition coefficient (Wildman–Crippen LogP) is 1.90. The number of halogens is 3. The van der Waals surface area contributed by atoms with E-state index in [0.717, 1.165) is 25.7 Å². The van der Waals surface area contributed by atoms with Crippen LogP contribution in [0.25, 0.3) is 0 Å². The Kier molecular flexibility index (Phi) is 3.83. The third-order valence-electron chi connectivity index (χ3n) is 4.09. The summed E-state index contributed by atoms with van der Waals surface area (Å²) in [5.74, 6) is -1.88. The number of piperidine rings is 1. The van der Waals surface area contributed by atoms with E-state index in [-0.39, 0.29) is 12.6 Å². The van der Waals surface area contributed by atoms with Crippen molar-refractivity contribution in [3.05, 3.63) is 0 Å². The quantitative estimate of drug-likeness (QED) is 0.843. The second kappa shape index (κ2) is 5.06. The van der Waals surface area contributed by atoms with Gasteiger partial charge in [0.15, 0.2) is 5.92 Å². The van der Waals surface area contributed by atoms with E-state index in [2.05, 4.69) is 5.32 Å². The first-order valence-corrected chi connectivity index (χ1v) is 6.32. The molecule has 0 aromatic rings. The fraction of sp³-hybridized carbons (Fsp3) is 0.917. The fourth-order valence-electron chi connectivity index (χ4n) is 3.04. The highest BCUT2D eigenvalue weighted by Crippen LogP contribution is 2.31. The largest absolute Gasteiger partial charge is 0.405 e. The molecule has 0 amide bonds. The van der Waals surface area contributed by atoms with Gasteiger partial charge in [-0.15, -0.1) is 0 Å². The molecule has 0 aromatic heterocycles. The normalized spacial score (nSPS) is 33.4. The van der Waals surface area contributed by atoms with Gasteiger partial charge in [-0.1, -0.05) is 0 Å². The van der Waals surface area contributed by atoms with Crippen LogP contribution in [0.1, 0.15) is 25.7 Å². The molecule has 3 nitrogen and oxygen atoms in total. The molecular weight excluding hydrogens is 243 g/mol. The summed E-state index contributed by atoms with van der Waals surface area (Å²) >= 11 is 0. The molecule has 2 heterocycles. The molecule has 2 fully saturated rings. The summed E-state index contributed by atoms with van der Waals surface area (Å²) in [6.45, 7) is -0.218. The number of fused-ring (bicyclic) bond motifs is 2. The van der Waals surface area contributed by atoms with E-state index in [1.54, 1.807) is 11.9 Å². The van der Waals surface area contributed by atoms with Crippen molar-refractivity contribution in [3.63, 3.8) is 0 Å². The Morgan fingerprint density at radius 1 is 1.33 bits per heavy atom. The molecule has 0 aromatic carbocycles. The van der Waals surface area contributed by atoms with Crippen molar-refractivity contribution in [3.8, 4) is 6.07 Å². The van der Waals surface area contributed by atoms with E-state index < -0.39 is 12.1 Å². The lowest BCUT2D eigenvalue weighted by atomic mass is 9.97. The van der Waals surface area contributed by atoms with Crippen LogP contribution >= 0.6 is 0 Å². The van der Waals surface area contributed by atoms with Crippen molar-refractivity contribution in [2.24, 2.45) is 5.92 Å². The van der Waals surface area contributed by atoms with E-state index >= 15 is 0 Å². The van der Waals surface area contributed by atoms with Crippen LogP contribution in [0.2, 0.25) is 0 Å². The van der Waals surface area contributed by atoms with Crippen LogP contribution in [-0.2, 0) is 0 Å². The van der Waals surface area contributed by atoms with Crippen LogP contribution in [0.5, 0.6) is 0 Å². The van der Waals surface area contributed by atoms with Crippen LogP contribution in [-0.4, -0.2) is 42.8 Å². The number of nitrogens with one attached hydrogen (secondary N) is 1. The van der Waals surface area contributed by atoms with E-state index in [9.17, 15) is 13.2 Å². The first-order chi connectivity index (χ1) is 8.40. The molecule has 1 N–H and O–H groups in total. The summed E-state index contributed by atoms with van der Waals surface area (Å²) in [7, 11) is 1.70. The predicted molar refractivity (Wildman–Crippen MR) is 60.8 cm³/mol. The highest BCUT2D eigenvalue weighted by molar-refractivity contribution is 4.97. The highest BCUT2D eigenvalue weighted by Gasteiger charge is 2.42. The van der Waals surface area contributed by atoms with Crippen molar-refractivity contribution >= 4 is 0 Å². The van der Waals surface area contributed by atoms with Gasteiger partial charge in [-0.2, -0.15) is 18.4 Å². The first-order valence-electron chi connectivity index (χ1n) is 6.32. The molecule has 102 valence electrons. The Labute approximate surface area is 105 Å². The van der Waals surface area contributed by atoms with Crippen LogP contribution in [0.3, 0.4) is 0 Å². The zero-order valence-corrected chi connectivity index (χ0v) is 10.4. The number of alkyl halides is 3. The minimum atomic E-state index is -4.42. The lowest BCUT2D eigenvalue weighted by molar-refractivity contribution is -0.163. The minimum Gasteiger partial charge on any atom is -0.311 e. The Morgan fingerprint density at radius 3 is 2.33 bits per heavy atom. The molecule has 2 rings (SSSR count). The standard InChI is InChI=1S/C12H18F3N3/c1-18(7-8(6-16)12(13,14)15)11-4-9-2-3-10(5-11)17-9/h8-11,17H,2-5,7H2,1H3. The fourth-order valence-corrected chi connectivity index (χ4v) is 3.04. The van der Waals surface area contributed by atoms with Crippen molar-refractivity contribution in [1.82, 2.24) is 10.2 Å². The maximum atomic E-state index is 12.6. The summed E-state index contributed by atoms with van der Waals surface area (Å²) in [5, 5.41) is 12.1. The molecular formula is C12H18F3N3. The first kappa shape index (κ1) is 13.6. The van der Waals surface area contributed by atoms with Crippen LogP contribution in [0.15, 0.2) is 0 Å². The van der Waals surface area contributed by atoms with E-state index in [1.807, 2.05) is 0 Å². The van der Waals surface area contributed by atoms with Gasteiger partial charge in [-0.3, -0.25) is 0 Å². The molecule has 18 heavy (non-hydrogen) atoms. The van der Waals surface area contributed by atoms with Gasteiger partial charge in [0, 0.05) is 24.7 Å². The SMILES string of the molecule is CN(CC(C#N)C(F)(F)F)C1CC2CCC(C1)N2. The number of hydrogen-bond donors (Lipinski definition) is 1. The van der Waals surface area contributed by atoms with Gasteiger partial charge in [0.25, 0.3) is 0 Å². The second-order valence-corrected chi connectivity index (χ2v) is 5.43. The van der Waals surface area contributed by atoms with Crippen molar-refractivity contribution in [2.45, 2.75) is 50.0 Å². The van der Waals surface area contributed by atoms with E-state index in [1.165, 1.54) is 6.07 Å². The van der Waals surface area contributed by atoms with Crippen LogP contribution in [0, 0.1) is 17.2 Å². The van der Waals surface area contributed by atoms with Crippen molar-refractivity contribution in [2.75, 3.05) is 13.6 Å². The molecule has 2 saturated heterocycles. The lowest BCUT2D eigenvalue weighted by Crippen LogP contribution is -2.49. The smallest absolute Gasteiger partial charge is 0.311 e. The van der Waals surface area contributed by atoms with Gasteiger partial charge in [0.05, 0.1) is 6.07 Å². The number of nitriles is 1. The summed E-state index contributed by atoms with van der Waals surface area (Å²) in [5.41, 5.74) is 0. The zero-order chi connectivity index (χ0) is 13.3. The van der Waals surface area contributed by atoms with Crippen molar-refractivity contribution in [1.29, 1.82) is 5.26 Å². The Bertz CT molecular complexity index is 324. The summed E-state index contributed by atoms with van der Waals surface area (Å²) in [6, 6.07) is 2.43. The zero-order valence-electron chi connectivity index (χ0n) is 10.4. The number of nitrogens with zero attached hydrogens (tertiary/aromatic N) is 2. The van der Waals surface area contributed by atoms with Gasteiger partial charge in [0.2, 0.25) is 0 Å². The average Bonchev–Trinajstić information content (AvgIpc) is 2.63.